The van der Waals surface area contributed by atoms with Crippen molar-refractivity contribution in [1.29, 1.82) is 0 Å². The van der Waals surface area contributed by atoms with Crippen LogP contribution in [0.5, 0.6) is 0 Å². The highest BCUT2D eigenvalue weighted by Crippen LogP contribution is 2.40. The van der Waals surface area contributed by atoms with Gasteiger partial charge < -0.3 is 25.2 Å². The number of aliphatic hydroxyl groups excluding tert-OH is 1. The van der Waals surface area contributed by atoms with Crippen molar-refractivity contribution in [2.45, 2.75) is 76.6 Å². The minimum absolute atomic E-state index is 0.0405. The third-order valence-corrected chi connectivity index (χ3v) is 8.54. The number of aromatic nitrogens is 4. The van der Waals surface area contributed by atoms with E-state index >= 15 is 0 Å². The molecule has 5 heterocycles. The lowest BCUT2D eigenvalue weighted by Crippen LogP contribution is -2.58. The van der Waals surface area contributed by atoms with Gasteiger partial charge in [0.05, 0.1) is 23.5 Å². The number of β-amino-alcohol motifs (C(OH)–C–C–N with tert-alkyl or cyclic N) is 1. The lowest BCUT2D eigenvalue weighted by molar-refractivity contribution is 0.0653. The van der Waals surface area contributed by atoms with Crippen LogP contribution in [-0.4, -0.2) is 79.8 Å². The predicted molar refractivity (Wildman–Crippen MR) is 148 cm³/mol. The number of anilines is 3. The lowest BCUT2D eigenvalue weighted by atomic mass is 9.80. The Kier molecular flexibility index (Phi) is 6.47. The highest BCUT2D eigenvalue weighted by molar-refractivity contribution is 5.99. The molecule has 0 unspecified atom stereocenters. The molecule has 0 radical (unpaired) electrons. The SMILES string of the molecule is C[C@@H]1CN(c2ccc(Nc3ncc4cc5n(c4n3)C3(CCCCC3)CNC5=O)nc2)C[C@H](C)N1C[C@@H](C)O. The predicted octanol–water partition coefficient (Wildman–Crippen LogP) is 3.25. The molecule has 3 N–H and O–H groups in total. The molecule has 3 aliphatic rings. The van der Waals surface area contributed by atoms with Gasteiger partial charge >= 0.3 is 0 Å². The first-order valence-corrected chi connectivity index (χ1v) is 13.9. The number of hydrogen-bond acceptors (Lipinski definition) is 8. The summed E-state index contributed by atoms with van der Waals surface area (Å²) in [6, 6.07) is 6.64. The summed E-state index contributed by atoms with van der Waals surface area (Å²) in [5.41, 5.74) is 2.46. The number of pyridine rings is 1. The van der Waals surface area contributed by atoms with Crippen molar-refractivity contribution in [3.8, 4) is 0 Å². The molecule has 1 spiro atoms. The largest absolute Gasteiger partial charge is 0.392 e. The quantitative estimate of drug-likeness (QED) is 0.472. The van der Waals surface area contributed by atoms with Gasteiger partial charge in [0.1, 0.15) is 17.2 Å². The Labute approximate surface area is 223 Å². The molecule has 10 nitrogen and oxygen atoms in total. The van der Waals surface area contributed by atoms with Gasteiger partial charge in [-0.1, -0.05) is 19.3 Å². The fraction of sp³-hybridized carbons (Fsp3) is 0.571. The number of piperazine rings is 1. The Morgan fingerprint density at radius 1 is 1.13 bits per heavy atom. The van der Waals surface area contributed by atoms with Gasteiger partial charge in [-0.15, -0.1) is 0 Å². The fourth-order valence-corrected chi connectivity index (χ4v) is 6.72. The molecule has 3 aromatic rings. The standard InChI is InChI=1S/C28H38N8O2/c1-18-14-34(15-19(2)35(18)16-20(3)37)22-7-8-24(29-13-22)32-27-30-12-21-11-23-26(38)31-17-28(9-5-4-6-10-28)36(23)25(21)33-27/h7-8,11-13,18-20,37H,4-6,9-10,14-17H2,1-3H3,(H,31,38)(H,29,30,32,33)/t18-,19+,20-/m1/s1. The van der Waals surface area contributed by atoms with E-state index in [4.69, 9.17) is 4.98 Å². The first-order valence-electron chi connectivity index (χ1n) is 13.9. The molecule has 202 valence electrons. The summed E-state index contributed by atoms with van der Waals surface area (Å²) in [5, 5.41) is 17.1. The number of rotatable bonds is 5. The number of fused-ring (bicyclic) bond motifs is 4. The van der Waals surface area contributed by atoms with Gasteiger partial charge in [0.2, 0.25) is 5.95 Å². The average Bonchev–Trinajstić information content (AvgIpc) is 3.30. The van der Waals surface area contributed by atoms with Crippen LogP contribution in [0.3, 0.4) is 0 Å². The van der Waals surface area contributed by atoms with Crippen LogP contribution >= 0.6 is 0 Å². The van der Waals surface area contributed by atoms with Gasteiger partial charge in [-0.25, -0.2) is 9.97 Å². The molecule has 1 saturated heterocycles. The van der Waals surface area contributed by atoms with Crippen LogP contribution in [0.1, 0.15) is 63.4 Å². The van der Waals surface area contributed by atoms with Crippen molar-refractivity contribution in [3.63, 3.8) is 0 Å². The highest BCUT2D eigenvalue weighted by Gasteiger charge is 2.41. The molecule has 3 aromatic heterocycles. The molecule has 38 heavy (non-hydrogen) atoms. The molecule has 1 saturated carbocycles. The first-order chi connectivity index (χ1) is 18.3. The third-order valence-electron chi connectivity index (χ3n) is 8.54. The van der Waals surface area contributed by atoms with E-state index in [0.717, 1.165) is 55.5 Å². The highest BCUT2D eigenvalue weighted by atomic mass is 16.3. The summed E-state index contributed by atoms with van der Waals surface area (Å²) >= 11 is 0. The van der Waals surface area contributed by atoms with Crippen LogP contribution in [0.4, 0.5) is 17.5 Å². The van der Waals surface area contributed by atoms with E-state index in [-0.39, 0.29) is 17.6 Å². The average molecular weight is 519 g/mol. The summed E-state index contributed by atoms with van der Waals surface area (Å²) in [6.07, 6.45) is 9.01. The maximum absolute atomic E-state index is 12.7. The summed E-state index contributed by atoms with van der Waals surface area (Å²) in [5.74, 6) is 1.11. The maximum Gasteiger partial charge on any atom is 0.268 e. The van der Waals surface area contributed by atoms with Crippen LogP contribution in [0.25, 0.3) is 11.0 Å². The fourth-order valence-electron chi connectivity index (χ4n) is 6.72. The van der Waals surface area contributed by atoms with Gasteiger partial charge in [-0.3, -0.25) is 9.69 Å². The number of nitrogens with zero attached hydrogens (tertiary/aromatic N) is 6. The number of hydrogen-bond donors (Lipinski definition) is 3. The monoisotopic (exact) mass is 518 g/mol. The van der Waals surface area contributed by atoms with Crippen molar-refractivity contribution in [3.05, 3.63) is 36.3 Å². The van der Waals surface area contributed by atoms with E-state index < -0.39 is 0 Å². The Bertz CT molecular complexity index is 1300. The van der Waals surface area contributed by atoms with E-state index in [2.05, 4.69) is 54.9 Å². The summed E-state index contributed by atoms with van der Waals surface area (Å²) in [6.45, 7) is 9.40. The van der Waals surface area contributed by atoms with E-state index in [1.165, 1.54) is 6.42 Å². The second kappa shape index (κ2) is 9.81. The molecular formula is C28H38N8O2. The molecule has 1 amide bonds. The van der Waals surface area contributed by atoms with E-state index in [1.807, 2.05) is 25.3 Å². The van der Waals surface area contributed by atoms with Crippen molar-refractivity contribution in [2.75, 3.05) is 36.4 Å². The van der Waals surface area contributed by atoms with Crippen LogP contribution in [0, 0.1) is 0 Å². The van der Waals surface area contributed by atoms with Crippen LogP contribution in [0.2, 0.25) is 0 Å². The molecular weight excluding hydrogens is 480 g/mol. The lowest BCUT2D eigenvalue weighted by Gasteiger charge is -2.45. The Morgan fingerprint density at radius 2 is 1.89 bits per heavy atom. The molecule has 1 aliphatic carbocycles. The van der Waals surface area contributed by atoms with Gasteiger partial charge in [-0.2, -0.15) is 4.98 Å². The number of nitrogens with one attached hydrogen (secondary N) is 2. The second-order valence-corrected chi connectivity index (χ2v) is 11.5. The smallest absolute Gasteiger partial charge is 0.268 e. The Morgan fingerprint density at radius 3 is 2.58 bits per heavy atom. The van der Waals surface area contributed by atoms with Crippen molar-refractivity contribution in [1.82, 2.24) is 29.7 Å². The van der Waals surface area contributed by atoms with Crippen LogP contribution < -0.4 is 15.5 Å². The summed E-state index contributed by atoms with van der Waals surface area (Å²) in [7, 11) is 0. The first kappa shape index (κ1) is 25.1. The zero-order valence-electron chi connectivity index (χ0n) is 22.5. The van der Waals surface area contributed by atoms with Crippen molar-refractivity contribution < 1.29 is 9.90 Å². The normalized spacial score (nSPS) is 24.3. The molecule has 0 bridgehead atoms. The zero-order chi connectivity index (χ0) is 26.4. The number of amides is 1. The summed E-state index contributed by atoms with van der Waals surface area (Å²) < 4.78 is 2.18. The second-order valence-electron chi connectivity index (χ2n) is 11.5. The van der Waals surface area contributed by atoms with Crippen LogP contribution in [0.15, 0.2) is 30.6 Å². The van der Waals surface area contributed by atoms with Gasteiger partial charge in [0, 0.05) is 49.8 Å². The minimum Gasteiger partial charge on any atom is -0.392 e. The van der Waals surface area contributed by atoms with E-state index in [0.29, 0.717) is 42.6 Å². The number of aliphatic hydroxyl groups is 1. The van der Waals surface area contributed by atoms with Gasteiger partial charge in [0.25, 0.3) is 5.91 Å². The molecule has 2 fully saturated rings. The van der Waals surface area contributed by atoms with Gasteiger partial charge in [0.15, 0.2) is 0 Å². The number of carbonyl (C=O) groups is 1. The molecule has 10 heteroatoms. The Balaban J connectivity index is 1.22. The topological polar surface area (TPSA) is 111 Å². The molecule has 6 rings (SSSR count). The van der Waals surface area contributed by atoms with Crippen molar-refractivity contribution in [2.24, 2.45) is 0 Å². The molecule has 2 aliphatic heterocycles. The number of carbonyl (C=O) groups excluding carboxylic acids is 1. The maximum atomic E-state index is 12.7. The van der Waals surface area contributed by atoms with E-state index in [1.54, 1.807) is 6.20 Å². The van der Waals surface area contributed by atoms with Crippen molar-refractivity contribution >= 4 is 34.4 Å². The zero-order valence-corrected chi connectivity index (χ0v) is 22.5. The van der Waals surface area contributed by atoms with Gasteiger partial charge in [-0.05, 0) is 51.8 Å². The molecule has 3 atom stereocenters. The minimum atomic E-state index is -0.331. The summed E-state index contributed by atoms with van der Waals surface area (Å²) in [4.78, 5) is 31.5. The molecule has 0 aromatic carbocycles. The third kappa shape index (κ3) is 4.49. The Hall–Kier alpha value is -3.24. The van der Waals surface area contributed by atoms with Crippen LogP contribution in [-0.2, 0) is 5.54 Å². The van der Waals surface area contributed by atoms with E-state index in [9.17, 15) is 9.90 Å².